The summed E-state index contributed by atoms with van der Waals surface area (Å²) in [5.41, 5.74) is 5.22. The van der Waals surface area contributed by atoms with Crippen LogP contribution >= 0.6 is 0 Å². The number of hydrogen-bond acceptors (Lipinski definition) is 4. The Morgan fingerprint density at radius 3 is 2.05 bits per heavy atom. The van der Waals surface area contributed by atoms with E-state index in [1.807, 2.05) is 27.7 Å². The Bertz CT molecular complexity index is 356. The van der Waals surface area contributed by atoms with Crippen LogP contribution in [0.15, 0.2) is 0 Å². The molecule has 0 aromatic rings. The molecule has 3 amide bonds. The molecule has 0 aliphatic carbocycles. The molecule has 1 rings (SSSR count). The molecule has 2 atom stereocenters. The standard InChI is InChI=1S/C7H12N2O2.C6H13NO2/c1-4(2)3-5-6(10)9-7(11)8-5;1-4(2)3-5(7)6(8)9/h4-5H,3H2,1-2H3,(H2,8,9,10,11);4-5H,3,7H2,1-2H3,(H,8,9). The molecule has 20 heavy (non-hydrogen) atoms. The number of imide groups is 1. The van der Waals surface area contributed by atoms with E-state index in [9.17, 15) is 14.4 Å². The van der Waals surface area contributed by atoms with Crippen LogP contribution in [0, 0.1) is 11.8 Å². The van der Waals surface area contributed by atoms with Gasteiger partial charge < -0.3 is 16.2 Å². The van der Waals surface area contributed by atoms with Gasteiger partial charge in [0.1, 0.15) is 12.1 Å². The van der Waals surface area contributed by atoms with Crippen molar-refractivity contribution in [2.24, 2.45) is 17.6 Å². The van der Waals surface area contributed by atoms with Crippen LogP contribution in [0.2, 0.25) is 0 Å². The Morgan fingerprint density at radius 2 is 1.80 bits per heavy atom. The second kappa shape index (κ2) is 8.52. The molecule has 1 aliphatic heterocycles. The number of urea groups is 1. The number of nitrogens with one attached hydrogen (secondary N) is 2. The zero-order chi connectivity index (χ0) is 15.9. The number of carboxylic acids is 1. The number of hydrogen-bond donors (Lipinski definition) is 4. The van der Waals surface area contributed by atoms with E-state index >= 15 is 0 Å². The highest BCUT2D eigenvalue weighted by atomic mass is 16.4. The van der Waals surface area contributed by atoms with Gasteiger partial charge in [-0.25, -0.2) is 4.79 Å². The van der Waals surface area contributed by atoms with E-state index in [2.05, 4.69) is 10.6 Å². The van der Waals surface area contributed by atoms with Gasteiger partial charge in [0.15, 0.2) is 0 Å². The normalized spacial score (nSPS) is 19.2. The van der Waals surface area contributed by atoms with Gasteiger partial charge in [-0.2, -0.15) is 0 Å². The summed E-state index contributed by atoms with van der Waals surface area (Å²) < 4.78 is 0. The van der Waals surface area contributed by atoms with Crippen molar-refractivity contribution in [2.75, 3.05) is 0 Å². The average molecular weight is 287 g/mol. The molecule has 0 aromatic carbocycles. The highest BCUT2D eigenvalue weighted by Crippen LogP contribution is 2.07. The average Bonchev–Trinajstić information content (AvgIpc) is 2.56. The van der Waals surface area contributed by atoms with E-state index in [1.165, 1.54) is 0 Å². The lowest BCUT2D eigenvalue weighted by Gasteiger charge is -2.08. The van der Waals surface area contributed by atoms with Gasteiger partial charge in [-0.05, 0) is 24.7 Å². The van der Waals surface area contributed by atoms with Crippen molar-refractivity contribution < 1.29 is 19.5 Å². The summed E-state index contributed by atoms with van der Waals surface area (Å²) in [6.07, 6.45) is 1.26. The minimum Gasteiger partial charge on any atom is -0.480 e. The number of rotatable bonds is 5. The van der Waals surface area contributed by atoms with Crippen LogP contribution in [0.25, 0.3) is 0 Å². The third-order valence-electron chi connectivity index (χ3n) is 2.61. The van der Waals surface area contributed by atoms with Gasteiger partial charge in [-0.15, -0.1) is 0 Å². The van der Waals surface area contributed by atoms with Gasteiger partial charge in [0.05, 0.1) is 0 Å². The molecule has 7 heteroatoms. The lowest BCUT2D eigenvalue weighted by atomic mass is 10.0. The van der Waals surface area contributed by atoms with Crippen molar-refractivity contribution >= 4 is 17.9 Å². The van der Waals surface area contributed by atoms with Gasteiger partial charge in [0.25, 0.3) is 5.91 Å². The van der Waals surface area contributed by atoms with Crippen molar-refractivity contribution in [3.05, 3.63) is 0 Å². The minimum absolute atomic E-state index is 0.205. The van der Waals surface area contributed by atoms with E-state index in [-0.39, 0.29) is 18.0 Å². The first-order valence-corrected chi connectivity index (χ1v) is 6.73. The zero-order valence-corrected chi connectivity index (χ0v) is 12.5. The lowest BCUT2D eigenvalue weighted by molar-refractivity contribution is -0.138. The van der Waals surface area contributed by atoms with Crippen LogP contribution in [0.4, 0.5) is 4.79 Å². The third kappa shape index (κ3) is 7.73. The van der Waals surface area contributed by atoms with Crippen molar-refractivity contribution in [3.63, 3.8) is 0 Å². The quantitative estimate of drug-likeness (QED) is 0.554. The molecule has 116 valence electrons. The van der Waals surface area contributed by atoms with Crippen LogP contribution in [0.3, 0.4) is 0 Å². The summed E-state index contributed by atoms with van der Waals surface area (Å²) in [7, 11) is 0. The molecule has 5 N–H and O–H groups in total. The first-order chi connectivity index (χ1) is 9.13. The Hall–Kier alpha value is -1.63. The molecule has 1 fully saturated rings. The fraction of sp³-hybridized carbons (Fsp3) is 0.769. The van der Waals surface area contributed by atoms with E-state index in [1.54, 1.807) is 0 Å². The summed E-state index contributed by atoms with van der Waals surface area (Å²) in [5, 5.41) is 13.0. The summed E-state index contributed by atoms with van der Waals surface area (Å²) in [5.74, 6) is -0.340. The monoisotopic (exact) mass is 287 g/mol. The van der Waals surface area contributed by atoms with Crippen LogP contribution in [-0.2, 0) is 9.59 Å². The van der Waals surface area contributed by atoms with E-state index < -0.39 is 12.0 Å². The number of aliphatic carboxylic acids is 1. The van der Waals surface area contributed by atoms with Crippen LogP contribution in [0.1, 0.15) is 40.5 Å². The highest BCUT2D eigenvalue weighted by molar-refractivity contribution is 6.04. The molecule has 1 aliphatic rings. The number of carboxylic acid groups (broad SMARTS) is 1. The van der Waals surface area contributed by atoms with E-state index in [0.29, 0.717) is 24.7 Å². The first-order valence-electron chi connectivity index (χ1n) is 6.73. The molecular weight excluding hydrogens is 262 g/mol. The van der Waals surface area contributed by atoms with Crippen LogP contribution < -0.4 is 16.4 Å². The van der Waals surface area contributed by atoms with Gasteiger partial charge >= 0.3 is 12.0 Å². The number of carbonyl (C=O) groups is 3. The topological polar surface area (TPSA) is 122 Å². The molecule has 0 saturated carbocycles. The largest absolute Gasteiger partial charge is 0.480 e. The summed E-state index contributed by atoms with van der Waals surface area (Å²) in [6.45, 7) is 7.92. The predicted molar refractivity (Wildman–Crippen MR) is 75.0 cm³/mol. The van der Waals surface area contributed by atoms with Crippen molar-refractivity contribution in [2.45, 2.75) is 52.6 Å². The Balaban J connectivity index is 0.000000370. The van der Waals surface area contributed by atoms with Gasteiger partial charge in [-0.3, -0.25) is 14.9 Å². The van der Waals surface area contributed by atoms with E-state index in [0.717, 1.165) is 0 Å². The Kier molecular flexibility index (Phi) is 7.83. The van der Waals surface area contributed by atoms with Crippen LogP contribution in [-0.4, -0.2) is 35.1 Å². The summed E-state index contributed by atoms with van der Waals surface area (Å²) in [6, 6.07) is -1.38. The van der Waals surface area contributed by atoms with Crippen molar-refractivity contribution in [3.8, 4) is 0 Å². The molecule has 0 spiro atoms. The maximum Gasteiger partial charge on any atom is 0.322 e. The van der Waals surface area contributed by atoms with Crippen LogP contribution in [0.5, 0.6) is 0 Å². The molecule has 0 radical (unpaired) electrons. The number of amides is 3. The zero-order valence-electron chi connectivity index (χ0n) is 12.5. The maximum atomic E-state index is 10.9. The van der Waals surface area contributed by atoms with E-state index in [4.69, 9.17) is 10.8 Å². The fourth-order valence-corrected chi connectivity index (χ4v) is 1.70. The maximum absolute atomic E-state index is 10.9. The van der Waals surface area contributed by atoms with Gasteiger partial charge in [0, 0.05) is 0 Å². The summed E-state index contributed by atoms with van der Waals surface area (Å²) >= 11 is 0. The third-order valence-corrected chi connectivity index (χ3v) is 2.61. The smallest absolute Gasteiger partial charge is 0.322 e. The minimum atomic E-state index is -0.913. The van der Waals surface area contributed by atoms with Crippen molar-refractivity contribution in [1.29, 1.82) is 0 Å². The summed E-state index contributed by atoms with van der Waals surface area (Å²) in [4.78, 5) is 31.6. The molecule has 7 nitrogen and oxygen atoms in total. The van der Waals surface area contributed by atoms with Gasteiger partial charge in [-0.1, -0.05) is 27.7 Å². The van der Waals surface area contributed by atoms with Crippen molar-refractivity contribution in [1.82, 2.24) is 10.6 Å². The predicted octanol–water partition coefficient (Wildman–Crippen LogP) is 0.685. The Morgan fingerprint density at radius 1 is 1.25 bits per heavy atom. The second-order valence-electron chi connectivity index (χ2n) is 5.72. The molecule has 1 saturated heterocycles. The number of carbonyl (C=O) groups excluding carboxylic acids is 2. The molecular formula is C13H25N3O4. The molecule has 0 aromatic heterocycles. The lowest BCUT2D eigenvalue weighted by Crippen LogP contribution is -2.31. The fourth-order valence-electron chi connectivity index (χ4n) is 1.70. The number of nitrogens with two attached hydrogens (primary N) is 1. The molecule has 2 unspecified atom stereocenters. The molecule has 0 bridgehead atoms. The SMILES string of the molecule is CC(C)CC(N)C(=O)O.CC(C)CC1NC(=O)NC1=O. The second-order valence-corrected chi connectivity index (χ2v) is 5.72. The van der Waals surface area contributed by atoms with Gasteiger partial charge in [0.2, 0.25) is 0 Å². The first kappa shape index (κ1) is 18.4. The highest BCUT2D eigenvalue weighted by Gasteiger charge is 2.29. The molecule has 1 heterocycles. The Labute approximate surface area is 119 Å².